The number of nitrogens with zero attached hydrogens (tertiary/aromatic N) is 1. The van der Waals surface area contributed by atoms with Crippen molar-refractivity contribution in [1.82, 2.24) is 5.32 Å². The molecule has 1 N–H and O–H groups in total. The SMILES string of the molecule is CCCOC1CCCN(c2ccc(CNC)cc2Br)C1. The Hall–Kier alpha value is -0.580. The Labute approximate surface area is 130 Å². The Morgan fingerprint density at radius 1 is 1.45 bits per heavy atom. The summed E-state index contributed by atoms with van der Waals surface area (Å²) in [5.41, 5.74) is 2.59. The van der Waals surface area contributed by atoms with Crippen molar-refractivity contribution in [2.24, 2.45) is 0 Å². The van der Waals surface area contributed by atoms with Gasteiger partial charge in [0.05, 0.1) is 11.8 Å². The number of rotatable bonds is 6. The standard InChI is InChI=1S/C16H25BrN2O/c1-3-9-20-14-5-4-8-19(12-14)16-7-6-13(11-18-2)10-15(16)17/h6-7,10,14,18H,3-5,8-9,11-12H2,1-2H3. The molecule has 1 aromatic rings. The minimum atomic E-state index is 0.382. The van der Waals surface area contributed by atoms with Crippen LogP contribution in [-0.2, 0) is 11.3 Å². The fraction of sp³-hybridized carbons (Fsp3) is 0.625. The summed E-state index contributed by atoms with van der Waals surface area (Å²) in [6, 6.07) is 6.63. The predicted molar refractivity (Wildman–Crippen MR) is 88.4 cm³/mol. The third kappa shape index (κ3) is 4.21. The van der Waals surface area contributed by atoms with Gasteiger partial charge in [-0.15, -0.1) is 0 Å². The van der Waals surface area contributed by atoms with Crippen LogP contribution < -0.4 is 10.2 Å². The van der Waals surface area contributed by atoms with Crippen LogP contribution in [0.25, 0.3) is 0 Å². The van der Waals surface area contributed by atoms with Gasteiger partial charge in [0, 0.05) is 30.7 Å². The molecule has 1 aliphatic rings. The molecule has 0 radical (unpaired) electrons. The summed E-state index contributed by atoms with van der Waals surface area (Å²) in [5.74, 6) is 0. The molecule has 0 aromatic heterocycles. The highest BCUT2D eigenvalue weighted by Gasteiger charge is 2.21. The first-order valence-corrected chi connectivity index (χ1v) is 8.33. The Bertz CT molecular complexity index is 425. The van der Waals surface area contributed by atoms with Gasteiger partial charge in [-0.05, 0) is 59.9 Å². The number of hydrogen-bond donors (Lipinski definition) is 1. The van der Waals surface area contributed by atoms with E-state index < -0.39 is 0 Å². The van der Waals surface area contributed by atoms with E-state index in [1.807, 2.05) is 7.05 Å². The lowest BCUT2D eigenvalue weighted by atomic mass is 10.1. The number of halogens is 1. The first-order valence-electron chi connectivity index (χ1n) is 7.54. The first-order chi connectivity index (χ1) is 9.74. The third-order valence-corrected chi connectivity index (χ3v) is 4.30. The molecule has 1 unspecified atom stereocenters. The predicted octanol–water partition coefficient (Wildman–Crippen LogP) is 3.56. The molecule has 4 heteroatoms. The average Bonchev–Trinajstić information content (AvgIpc) is 2.46. The topological polar surface area (TPSA) is 24.5 Å². The summed E-state index contributed by atoms with van der Waals surface area (Å²) < 4.78 is 7.10. The Morgan fingerprint density at radius 2 is 2.30 bits per heavy atom. The molecule has 0 aliphatic carbocycles. The maximum Gasteiger partial charge on any atom is 0.0750 e. The van der Waals surface area contributed by atoms with E-state index in [0.29, 0.717) is 6.10 Å². The van der Waals surface area contributed by atoms with Crippen molar-refractivity contribution in [2.75, 3.05) is 31.6 Å². The maximum absolute atomic E-state index is 5.92. The molecular weight excluding hydrogens is 316 g/mol. The van der Waals surface area contributed by atoms with Crippen molar-refractivity contribution in [2.45, 2.75) is 38.8 Å². The van der Waals surface area contributed by atoms with Gasteiger partial charge >= 0.3 is 0 Å². The van der Waals surface area contributed by atoms with Gasteiger partial charge in [0.2, 0.25) is 0 Å². The Morgan fingerprint density at radius 3 is 3.00 bits per heavy atom. The zero-order valence-electron chi connectivity index (χ0n) is 12.5. The van der Waals surface area contributed by atoms with Crippen LogP contribution in [0.1, 0.15) is 31.7 Å². The van der Waals surface area contributed by atoms with Crippen molar-refractivity contribution in [3.05, 3.63) is 28.2 Å². The molecule has 0 amide bonds. The zero-order valence-corrected chi connectivity index (χ0v) is 14.1. The minimum Gasteiger partial charge on any atom is -0.376 e. The van der Waals surface area contributed by atoms with Crippen molar-refractivity contribution >= 4 is 21.6 Å². The second-order valence-corrected chi connectivity index (χ2v) is 6.25. The summed E-state index contributed by atoms with van der Waals surface area (Å²) in [6.07, 6.45) is 3.87. The molecule has 2 rings (SSSR count). The van der Waals surface area contributed by atoms with Gasteiger partial charge in [0.25, 0.3) is 0 Å². The number of piperidine rings is 1. The average molecular weight is 341 g/mol. The van der Waals surface area contributed by atoms with Gasteiger partial charge in [-0.2, -0.15) is 0 Å². The summed E-state index contributed by atoms with van der Waals surface area (Å²) in [4.78, 5) is 2.44. The van der Waals surface area contributed by atoms with E-state index in [1.54, 1.807) is 0 Å². The summed E-state index contributed by atoms with van der Waals surface area (Å²) in [5, 5.41) is 3.19. The number of benzene rings is 1. The highest BCUT2D eigenvalue weighted by molar-refractivity contribution is 9.10. The van der Waals surface area contributed by atoms with Crippen molar-refractivity contribution in [3.63, 3.8) is 0 Å². The van der Waals surface area contributed by atoms with Gasteiger partial charge in [-0.3, -0.25) is 0 Å². The monoisotopic (exact) mass is 340 g/mol. The van der Waals surface area contributed by atoms with Gasteiger partial charge in [0.15, 0.2) is 0 Å². The maximum atomic E-state index is 5.92. The molecule has 0 spiro atoms. The van der Waals surface area contributed by atoms with Crippen LogP contribution in [0.15, 0.2) is 22.7 Å². The number of hydrogen-bond acceptors (Lipinski definition) is 3. The summed E-state index contributed by atoms with van der Waals surface area (Å²) in [6.45, 7) is 6.07. The van der Waals surface area contributed by atoms with E-state index in [9.17, 15) is 0 Å². The fourth-order valence-electron chi connectivity index (χ4n) is 2.70. The van der Waals surface area contributed by atoms with E-state index >= 15 is 0 Å². The van der Waals surface area contributed by atoms with Crippen LogP contribution in [0.2, 0.25) is 0 Å². The lowest BCUT2D eigenvalue weighted by Gasteiger charge is -2.35. The highest BCUT2D eigenvalue weighted by atomic mass is 79.9. The lowest BCUT2D eigenvalue weighted by molar-refractivity contribution is 0.0440. The number of nitrogens with one attached hydrogen (secondary N) is 1. The molecule has 1 atom stereocenters. The van der Waals surface area contributed by atoms with Crippen LogP contribution in [0, 0.1) is 0 Å². The van der Waals surface area contributed by atoms with Gasteiger partial charge < -0.3 is 15.0 Å². The van der Waals surface area contributed by atoms with Crippen LogP contribution in [0.4, 0.5) is 5.69 Å². The van der Waals surface area contributed by atoms with Crippen molar-refractivity contribution in [1.29, 1.82) is 0 Å². The number of ether oxygens (including phenoxy) is 1. The van der Waals surface area contributed by atoms with E-state index in [4.69, 9.17) is 4.74 Å². The van der Waals surface area contributed by atoms with Gasteiger partial charge in [-0.1, -0.05) is 13.0 Å². The van der Waals surface area contributed by atoms with Crippen LogP contribution in [0.5, 0.6) is 0 Å². The highest BCUT2D eigenvalue weighted by Crippen LogP contribution is 2.30. The second-order valence-electron chi connectivity index (χ2n) is 5.40. The molecular formula is C16H25BrN2O. The van der Waals surface area contributed by atoms with Crippen LogP contribution >= 0.6 is 15.9 Å². The zero-order chi connectivity index (χ0) is 14.4. The molecule has 1 heterocycles. The molecule has 1 aromatic carbocycles. The largest absolute Gasteiger partial charge is 0.376 e. The second kappa shape index (κ2) is 8.01. The molecule has 112 valence electrons. The Balaban J connectivity index is 2.02. The van der Waals surface area contributed by atoms with Gasteiger partial charge in [-0.25, -0.2) is 0 Å². The van der Waals surface area contributed by atoms with E-state index in [1.165, 1.54) is 28.6 Å². The minimum absolute atomic E-state index is 0.382. The Kier molecular flexibility index (Phi) is 6.33. The van der Waals surface area contributed by atoms with E-state index in [2.05, 4.69) is 51.3 Å². The smallest absolute Gasteiger partial charge is 0.0750 e. The van der Waals surface area contributed by atoms with Gasteiger partial charge in [0.1, 0.15) is 0 Å². The van der Waals surface area contributed by atoms with Crippen molar-refractivity contribution in [3.8, 4) is 0 Å². The molecule has 3 nitrogen and oxygen atoms in total. The molecule has 1 fully saturated rings. The normalized spacial score (nSPS) is 19.4. The van der Waals surface area contributed by atoms with Crippen LogP contribution in [0.3, 0.4) is 0 Å². The first kappa shape index (κ1) is 15.8. The quantitative estimate of drug-likeness (QED) is 0.856. The molecule has 1 aliphatic heterocycles. The lowest BCUT2D eigenvalue weighted by Crippen LogP contribution is -2.40. The molecule has 0 bridgehead atoms. The van der Waals surface area contributed by atoms with Crippen LogP contribution in [-0.4, -0.2) is 32.8 Å². The molecule has 1 saturated heterocycles. The third-order valence-electron chi connectivity index (χ3n) is 3.67. The summed E-state index contributed by atoms with van der Waals surface area (Å²) >= 11 is 3.71. The number of anilines is 1. The van der Waals surface area contributed by atoms with E-state index in [0.717, 1.165) is 32.7 Å². The van der Waals surface area contributed by atoms with E-state index in [-0.39, 0.29) is 0 Å². The van der Waals surface area contributed by atoms with Crippen molar-refractivity contribution < 1.29 is 4.74 Å². The molecule has 20 heavy (non-hydrogen) atoms. The molecule has 0 saturated carbocycles. The fourth-order valence-corrected chi connectivity index (χ4v) is 3.38. The summed E-state index contributed by atoms with van der Waals surface area (Å²) in [7, 11) is 1.97.